The van der Waals surface area contributed by atoms with E-state index in [2.05, 4.69) is 263 Å². The van der Waals surface area contributed by atoms with Crippen molar-refractivity contribution in [2.75, 3.05) is 11.9 Å². The summed E-state index contributed by atoms with van der Waals surface area (Å²) >= 11 is 0. The van der Waals surface area contributed by atoms with Gasteiger partial charge >= 0.3 is 11.6 Å². The van der Waals surface area contributed by atoms with Gasteiger partial charge in [0, 0.05) is 23.8 Å². The normalized spacial score (nSPS) is 13.4. The predicted molar refractivity (Wildman–Crippen MR) is 253 cm³/mol. The van der Waals surface area contributed by atoms with Gasteiger partial charge in [0.05, 0.1) is 11.1 Å². The standard InChI is InChI=1S/C56H49N7.2ClHO4/c1-56(2)49-36-22-23-37-50(49)59(3)51(56)39-38-48(52-57-62(46-32-18-8-19-33-46)54(44-28-14-6-15-29-44)60(52)40-42-24-10-4-11-25-42)53-58-63(47-34-20-9-21-35-47)55(45-30-16-7-17-31-45)61(53)41-43-26-12-5-13-27-43;2*2-1(3,4)5/h4-39H,40-41H2,1-3H3;2*(H,2,3,4,5)/q+2;;/p-2. The maximum absolute atomic E-state index is 8.49. The van der Waals surface area contributed by atoms with Gasteiger partial charge < -0.3 is 4.90 Å². The molecule has 0 unspecified atom stereocenters. The molecule has 0 atom stereocenters. The Bertz CT molecular complexity index is 3120. The van der Waals surface area contributed by atoms with Crippen LogP contribution < -0.4 is 51.5 Å². The Hall–Kier alpha value is -7.64. The molecular weight excluding hydrogens is 970 g/mol. The number of benzene rings is 7. The Balaban J connectivity index is 0.000000650. The van der Waals surface area contributed by atoms with Crippen LogP contribution in [0, 0.1) is 20.5 Å². The highest BCUT2D eigenvalue weighted by molar-refractivity contribution is 5.78. The first-order valence-electron chi connectivity index (χ1n) is 22.8. The van der Waals surface area contributed by atoms with Crippen molar-refractivity contribution in [1.82, 2.24) is 19.3 Å². The molecule has 0 aliphatic carbocycles. The van der Waals surface area contributed by atoms with Gasteiger partial charge in [0.15, 0.2) is 11.4 Å². The first-order chi connectivity index (χ1) is 35.0. The zero-order valence-electron chi connectivity index (χ0n) is 39.9. The third-order valence-corrected chi connectivity index (χ3v) is 12.1. The van der Waals surface area contributed by atoms with Gasteiger partial charge in [-0.2, -0.15) is 0 Å². The van der Waals surface area contributed by atoms with Crippen LogP contribution >= 0.6 is 0 Å². The molecule has 9 aromatic rings. The maximum Gasteiger partial charge on any atom is 0.317 e. The van der Waals surface area contributed by atoms with Crippen molar-refractivity contribution in [2.45, 2.75) is 32.4 Å². The van der Waals surface area contributed by atoms with Crippen molar-refractivity contribution in [3.8, 4) is 34.2 Å². The molecule has 0 saturated carbocycles. The van der Waals surface area contributed by atoms with Gasteiger partial charge in [-0.3, -0.25) is 0 Å². The van der Waals surface area contributed by atoms with E-state index in [4.69, 9.17) is 47.5 Å². The fourth-order valence-electron chi connectivity index (χ4n) is 8.99. The molecule has 0 amide bonds. The average Bonchev–Trinajstić information content (AvgIpc) is 4.00. The second-order valence-electron chi connectivity index (χ2n) is 17.3. The average molecular weight is 1020 g/mol. The van der Waals surface area contributed by atoms with E-state index in [0.717, 1.165) is 62.5 Å². The van der Waals surface area contributed by atoms with Gasteiger partial charge in [0.1, 0.15) is 18.7 Å². The van der Waals surface area contributed by atoms with E-state index in [9.17, 15) is 0 Å². The molecule has 0 spiro atoms. The van der Waals surface area contributed by atoms with Crippen molar-refractivity contribution in [2.24, 2.45) is 0 Å². The molecule has 10 rings (SSSR count). The maximum atomic E-state index is 8.49. The van der Waals surface area contributed by atoms with E-state index in [1.54, 1.807) is 0 Å². The quantitative estimate of drug-likeness (QED) is 0.168. The molecule has 0 radical (unpaired) electrons. The second-order valence-corrected chi connectivity index (χ2v) is 18.8. The third kappa shape index (κ3) is 12.7. The Morgan fingerprint density at radius 3 is 1.18 bits per heavy atom. The van der Waals surface area contributed by atoms with Gasteiger partial charge in [-0.1, -0.05) is 175 Å². The summed E-state index contributed by atoms with van der Waals surface area (Å²) < 4.78 is 76.9. The highest BCUT2D eigenvalue weighted by atomic mass is 35.7. The Kier molecular flexibility index (Phi) is 15.9. The Labute approximate surface area is 426 Å². The molecule has 7 aromatic carbocycles. The minimum atomic E-state index is -4.94. The van der Waals surface area contributed by atoms with Crippen LogP contribution in [0.3, 0.4) is 0 Å². The molecule has 0 fully saturated rings. The molecule has 0 saturated heterocycles. The number of hydrogen-bond donors (Lipinski definition) is 0. The Morgan fingerprint density at radius 1 is 0.479 bits per heavy atom. The van der Waals surface area contributed by atoms with E-state index in [-0.39, 0.29) is 5.41 Å². The molecule has 2 aromatic heterocycles. The molecule has 1 aliphatic heterocycles. The molecule has 73 heavy (non-hydrogen) atoms. The third-order valence-electron chi connectivity index (χ3n) is 12.1. The van der Waals surface area contributed by atoms with E-state index < -0.39 is 20.5 Å². The minimum Gasteiger partial charge on any atom is -0.347 e. The first kappa shape index (κ1) is 51.7. The fourth-order valence-corrected chi connectivity index (χ4v) is 8.99. The van der Waals surface area contributed by atoms with Crippen LogP contribution in [0.4, 0.5) is 5.69 Å². The van der Waals surface area contributed by atoms with Gasteiger partial charge in [0.2, 0.25) is 0 Å². The molecule has 17 heteroatoms. The zero-order valence-corrected chi connectivity index (χ0v) is 41.4. The number of aromatic nitrogens is 6. The lowest BCUT2D eigenvalue weighted by molar-refractivity contribution is -2.00. The number of likely N-dealkylation sites (N-methyl/N-ethyl adjacent to an activating group) is 1. The number of rotatable bonds is 11. The van der Waals surface area contributed by atoms with E-state index in [0.29, 0.717) is 13.1 Å². The lowest BCUT2D eigenvalue weighted by atomic mass is 9.83. The molecule has 1 aliphatic rings. The highest BCUT2D eigenvalue weighted by Crippen LogP contribution is 2.47. The molecule has 0 N–H and O–H groups in total. The van der Waals surface area contributed by atoms with Crippen LogP contribution in [0.1, 0.15) is 42.2 Å². The fraction of sp³-hybridized carbons (Fsp3) is 0.107. The lowest BCUT2D eigenvalue weighted by Crippen LogP contribution is -2.68. The van der Waals surface area contributed by atoms with Crippen molar-refractivity contribution in [3.05, 3.63) is 252 Å². The molecule has 370 valence electrons. The summed E-state index contributed by atoms with van der Waals surface area (Å²) in [6, 6.07) is 72.2. The van der Waals surface area contributed by atoms with Gasteiger partial charge in [-0.05, 0) is 93.6 Å². The van der Waals surface area contributed by atoms with Crippen molar-refractivity contribution in [1.29, 1.82) is 0 Å². The van der Waals surface area contributed by atoms with Crippen LogP contribution in [0.25, 0.3) is 39.7 Å². The Morgan fingerprint density at radius 2 is 0.808 bits per heavy atom. The topological polar surface area (TPSA) is 231 Å². The summed E-state index contributed by atoms with van der Waals surface area (Å²) in [6.07, 6.45) is 4.56. The lowest BCUT2D eigenvalue weighted by Gasteiger charge is -2.23. The van der Waals surface area contributed by atoms with Gasteiger partial charge in [-0.25, -0.2) is 46.4 Å². The SMILES string of the molecule is CN1C(=CC=C(c2n[n+](-c3ccccc3)c(-c3ccccc3)n2Cc2ccccc2)c2n[n+](-c3ccccc3)c(-c3ccccc3)n2Cc2ccccc2)C(C)(C)c2ccccc21.[O-][Cl+3]([O-])([O-])[O-].[O-][Cl+3]([O-])([O-])[O-]. The monoisotopic (exact) mass is 1020 g/mol. The second kappa shape index (κ2) is 22.4. The number of hydrogen-bond acceptors (Lipinski definition) is 11. The van der Waals surface area contributed by atoms with Crippen molar-refractivity contribution < 1.29 is 67.1 Å². The highest BCUT2D eigenvalue weighted by Gasteiger charge is 2.40. The van der Waals surface area contributed by atoms with Crippen molar-refractivity contribution >= 4 is 11.3 Å². The first-order valence-corrected chi connectivity index (χ1v) is 25.3. The van der Waals surface area contributed by atoms with E-state index in [1.807, 2.05) is 0 Å². The van der Waals surface area contributed by atoms with Crippen LogP contribution in [0.2, 0.25) is 0 Å². The van der Waals surface area contributed by atoms with Crippen LogP contribution in [-0.4, -0.2) is 26.4 Å². The largest absolute Gasteiger partial charge is 0.347 e. The van der Waals surface area contributed by atoms with Crippen molar-refractivity contribution in [3.63, 3.8) is 0 Å². The van der Waals surface area contributed by atoms with Gasteiger partial charge in [0.25, 0.3) is 11.6 Å². The number of anilines is 1. The summed E-state index contributed by atoms with van der Waals surface area (Å²) in [5, 5.41) is 11.4. The predicted octanol–water partition coefficient (Wildman–Crippen LogP) is 1.29. The summed E-state index contributed by atoms with van der Waals surface area (Å²) in [5.74, 6) is 3.50. The summed E-state index contributed by atoms with van der Waals surface area (Å²) in [7, 11) is -7.71. The number of nitrogens with zero attached hydrogens (tertiary/aromatic N) is 7. The number of allylic oxidation sites excluding steroid dienone is 3. The van der Waals surface area contributed by atoms with Crippen LogP contribution in [0.15, 0.2) is 224 Å². The molecule has 3 heterocycles. The minimum absolute atomic E-state index is 0.260. The number of para-hydroxylation sites is 3. The summed E-state index contributed by atoms with van der Waals surface area (Å²) in [4.78, 5) is 2.33. The number of fused-ring (bicyclic) bond motifs is 1. The zero-order chi connectivity index (χ0) is 51.8. The van der Waals surface area contributed by atoms with Gasteiger partial charge in [-0.15, -0.1) is 20.5 Å². The molecular formula is C56H49Cl2N7O8. The molecule has 15 nitrogen and oxygen atoms in total. The van der Waals surface area contributed by atoms with E-state index >= 15 is 0 Å². The molecule has 0 bridgehead atoms. The summed E-state index contributed by atoms with van der Waals surface area (Å²) in [5.41, 5.74) is 10.7. The van der Waals surface area contributed by atoms with Crippen LogP contribution in [0.5, 0.6) is 0 Å². The van der Waals surface area contributed by atoms with Crippen LogP contribution in [-0.2, 0) is 18.5 Å². The summed E-state index contributed by atoms with van der Waals surface area (Å²) in [6.45, 7) is 5.77. The smallest absolute Gasteiger partial charge is 0.317 e. The number of halogens is 2. The van der Waals surface area contributed by atoms with E-state index in [1.165, 1.54) is 16.9 Å².